The quantitative estimate of drug-likeness (QED) is 0.703. The Balaban J connectivity index is 2.26. The lowest BCUT2D eigenvalue weighted by Gasteiger charge is -2.34. The maximum absolute atomic E-state index is 5.19. The minimum absolute atomic E-state index is 0.304. The summed E-state index contributed by atoms with van der Waals surface area (Å²) in [4.78, 5) is 7.37. The fourth-order valence-electron chi connectivity index (χ4n) is 2.35. The molecule has 0 unspecified atom stereocenters. The van der Waals surface area contributed by atoms with Crippen LogP contribution in [-0.4, -0.2) is 30.6 Å². The van der Waals surface area contributed by atoms with Gasteiger partial charge >= 0.3 is 0 Å². The van der Waals surface area contributed by atoms with Gasteiger partial charge in [0.1, 0.15) is 0 Å². The van der Waals surface area contributed by atoms with Crippen molar-refractivity contribution in [2.45, 2.75) is 51.7 Å². The van der Waals surface area contributed by atoms with Crippen molar-refractivity contribution in [1.29, 1.82) is 0 Å². The Hall–Kier alpha value is -0.120. The number of hydrogen-bond acceptors (Lipinski definition) is 3. The summed E-state index contributed by atoms with van der Waals surface area (Å²) < 4.78 is 0. The number of nitrogens with zero attached hydrogens (tertiary/aromatic N) is 1. The monoisotopic (exact) mass is 200 g/mol. The zero-order valence-electron chi connectivity index (χ0n) is 9.70. The predicted octanol–water partition coefficient (Wildman–Crippen LogP) is 1.78. The van der Waals surface area contributed by atoms with E-state index in [9.17, 15) is 0 Å². The molecule has 0 aliphatic heterocycles. The fraction of sp³-hybridized carbons (Fsp3) is 1.00. The van der Waals surface area contributed by atoms with Crippen LogP contribution in [0.1, 0.15) is 39.5 Å². The highest BCUT2D eigenvalue weighted by Gasteiger charge is 2.24. The van der Waals surface area contributed by atoms with E-state index < -0.39 is 0 Å². The second-order valence-electron chi connectivity index (χ2n) is 4.90. The summed E-state index contributed by atoms with van der Waals surface area (Å²) in [7, 11) is 2.23. The van der Waals surface area contributed by atoms with Gasteiger partial charge in [-0.15, -0.1) is 0 Å². The summed E-state index contributed by atoms with van der Waals surface area (Å²) in [5, 5.41) is 0. The van der Waals surface area contributed by atoms with Gasteiger partial charge in [-0.25, -0.2) is 5.90 Å². The molecule has 0 spiro atoms. The molecule has 0 aromatic rings. The van der Waals surface area contributed by atoms with E-state index in [0.29, 0.717) is 6.10 Å². The SMILES string of the molecule is CC(C)CN(C)C1CCC(ON)CC1. The van der Waals surface area contributed by atoms with Crippen LogP contribution in [0, 0.1) is 5.92 Å². The minimum atomic E-state index is 0.304. The zero-order chi connectivity index (χ0) is 10.6. The van der Waals surface area contributed by atoms with Crippen molar-refractivity contribution < 1.29 is 4.84 Å². The Morgan fingerprint density at radius 2 is 1.86 bits per heavy atom. The Bertz CT molecular complexity index is 153. The molecule has 1 aliphatic rings. The second kappa shape index (κ2) is 5.69. The molecule has 1 saturated carbocycles. The molecule has 0 aromatic heterocycles. The van der Waals surface area contributed by atoms with Gasteiger partial charge in [-0.3, -0.25) is 0 Å². The smallest absolute Gasteiger partial charge is 0.0788 e. The Kier molecular flexibility index (Phi) is 4.85. The van der Waals surface area contributed by atoms with Crippen LogP contribution in [0.4, 0.5) is 0 Å². The summed E-state index contributed by atoms with van der Waals surface area (Å²) in [5.74, 6) is 5.95. The van der Waals surface area contributed by atoms with E-state index in [1.54, 1.807) is 0 Å². The van der Waals surface area contributed by atoms with E-state index in [0.717, 1.165) is 24.8 Å². The summed E-state index contributed by atoms with van der Waals surface area (Å²) in [6, 6.07) is 0.740. The van der Waals surface area contributed by atoms with Crippen LogP contribution in [0.2, 0.25) is 0 Å². The molecular weight excluding hydrogens is 176 g/mol. The van der Waals surface area contributed by atoms with Crippen LogP contribution in [-0.2, 0) is 4.84 Å². The van der Waals surface area contributed by atoms with Gasteiger partial charge in [0.2, 0.25) is 0 Å². The highest BCUT2D eigenvalue weighted by molar-refractivity contribution is 4.78. The van der Waals surface area contributed by atoms with Crippen LogP contribution in [0.5, 0.6) is 0 Å². The normalized spacial score (nSPS) is 28.7. The molecule has 3 heteroatoms. The van der Waals surface area contributed by atoms with E-state index >= 15 is 0 Å². The summed E-state index contributed by atoms with van der Waals surface area (Å²) in [6.45, 7) is 5.73. The van der Waals surface area contributed by atoms with Crippen molar-refractivity contribution in [3.63, 3.8) is 0 Å². The summed E-state index contributed by atoms with van der Waals surface area (Å²) in [6.07, 6.45) is 4.99. The van der Waals surface area contributed by atoms with Crippen molar-refractivity contribution in [1.82, 2.24) is 4.90 Å². The molecule has 84 valence electrons. The first-order valence-corrected chi connectivity index (χ1v) is 5.69. The van der Waals surface area contributed by atoms with Crippen LogP contribution in [0.25, 0.3) is 0 Å². The van der Waals surface area contributed by atoms with E-state index in [1.807, 2.05) is 0 Å². The predicted molar refractivity (Wildman–Crippen MR) is 58.8 cm³/mol. The van der Waals surface area contributed by atoms with Crippen molar-refractivity contribution >= 4 is 0 Å². The molecule has 0 aromatic carbocycles. The molecule has 0 heterocycles. The molecule has 3 nitrogen and oxygen atoms in total. The Labute approximate surface area is 87.6 Å². The van der Waals surface area contributed by atoms with Crippen LogP contribution < -0.4 is 5.90 Å². The van der Waals surface area contributed by atoms with Gasteiger partial charge in [-0.05, 0) is 38.6 Å². The molecule has 1 fully saturated rings. The van der Waals surface area contributed by atoms with E-state index in [-0.39, 0.29) is 0 Å². The molecular formula is C11H24N2O. The van der Waals surface area contributed by atoms with Gasteiger partial charge in [0, 0.05) is 12.6 Å². The van der Waals surface area contributed by atoms with E-state index in [1.165, 1.54) is 19.4 Å². The molecule has 0 amide bonds. The average molecular weight is 200 g/mol. The first kappa shape index (κ1) is 12.0. The van der Waals surface area contributed by atoms with Gasteiger partial charge in [-0.2, -0.15) is 0 Å². The van der Waals surface area contributed by atoms with Gasteiger partial charge in [0.25, 0.3) is 0 Å². The van der Waals surface area contributed by atoms with Crippen molar-refractivity contribution in [2.24, 2.45) is 11.8 Å². The molecule has 2 N–H and O–H groups in total. The van der Waals surface area contributed by atoms with Crippen molar-refractivity contribution in [3.8, 4) is 0 Å². The van der Waals surface area contributed by atoms with Crippen LogP contribution in [0.15, 0.2) is 0 Å². The third-order valence-electron chi connectivity index (χ3n) is 3.11. The van der Waals surface area contributed by atoms with Gasteiger partial charge in [0.05, 0.1) is 6.10 Å². The maximum atomic E-state index is 5.19. The fourth-order valence-corrected chi connectivity index (χ4v) is 2.35. The van der Waals surface area contributed by atoms with Crippen molar-refractivity contribution in [2.75, 3.05) is 13.6 Å². The standard InChI is InChI=1S/C11H24N2O/c1-9(2)8-13(3)10-4-6-11(14-12)7-5-10/h9-11H,4-8,12H2,1-3H3. The minimum Gasteiger partial charge on any atom is -0.303 e. The van der Waals surface area contributed by atoms with Crippen LogP contribution in [0.3, 0.4) is 0 Å². The highest BCUT2D eigenvalue weighted by Crippen LogP contribution is 2.23. The number of rotatable bonds is 4. The van der Waals surface area contributed by atoms with Gasteiger partial charge in [-0.1, -0.05) is 13.8 Å². The Morgan fingerprint density at radius 1 is 1.29 bits per heavy atom. The lowest BCUT2D eigenvalue weighted by molar-refractivity contribution is 0.00849. The maximum Gasteiger partial charge on any atom is 0.0788 e. The van der Waals surface area contributed by atoms with Gasteiger partial charge < -0.3 is 9.74 Å². The Morgan fingerprint density at radius 3 is 2.29 bits per heavy atom. The largest absolute Gasteiger partial charge is 0.303 e. The third kappa shape index (κ3) is 3.56. The molecule has 0 saturated heterocycles. The zero-order valence-corrected chi connectivity index (χ0v) is 9.70. The van der Waals surface area contributed by atoms with E-state index in [2.05, 4.69) is 25.8 Å². The lowest BCUT2D eigenvalue weighted by atomic mass is 9.92. The summed E-state index contributed by atoms with van der Waals surface area (Å²) >= 11 is 0. The highest BCUT2D eigenvalue weighted by atomic mass is 16.6. The average Bonchev–Trinajstić information content (AvgIpc) is 2.17. The third-order valence-corrected chi connectivity index (χ3v) is 3.11. The second-order valence-corrected chi connectivity index (χ2v) is 4.90. The van der Waals surface area contributed by atoms with Gasteiger partial charge in [0.15, 0.2) is 0 Å². The van der Waals surface area contributed by atoms with Crippen LogP contribution >= 0.6 is 0 Å². The molecule has 1 rings (SSSR count). The molecule has 14 heavy (non-hydrogen) atoms. The molecule has 0 bridgehead atoms. The number of hydrogen-bond donors (Lipinski definition) is 1. The first-order valence-electron chi connectivity index (χ1n) is 5.69. The van der Waals surface area contributed by atoms with E-state index in [4.69, 9.17) is 10.7 Å². The summed E-state index contributed by atoms with van der Waals surface area (Å²) in [5.41, 5.74) is 0. The molecule has 0 atom stereocenters. The lowest BCUT2D eigenvalue weighted by Crippen LogP contribution is -2.39. The number of nitrogens with two attached hydrogens (primary N) is 1. The molecule has 1 aliphatic carbocycles. The topological polar surface area (TPSA) is 38.5 Å². The first-order chi connectivity index (χ1) is 6.63. The van der Waals surface area contributed by atoms with Crippen molar-refractivity contribution in [3.05, 3.63) is 0 Å². The molecule has 0 radical (unpaired) electrons.